The monoisotopic (exact) mass is 197 g/mol. The average Bonchev–Trinajstić information content (AvgIpc) is 2.66. The van der Waals surface area contributed by atoms with Gasteiger partial charge >= 0.3 is 0 Å². The van der Waals surface area contributed by atoms with Crippen molar-refractivity contribution in [2.24, 2.45) is 0 Å². The van der Waals surface area contributed by atoms with Gasteiger partial charge in [-0.05, 0) is 11.4 Å². The number of ketones is 1. The zero-order valence-corrected chi connectivity index (χ0v) is 8.19. The molecular formula is C9H11NO2S. The minimum absolute atomic E-state index is 0.0462. The molecule has 1 aromatic rings. The van der Waals surface area contributed by atoms with E-state index in [0.29, 0.717) is 11.3 Å². The minimum atomic E-state index is -0.170. The van der Waals surface area contributed by atoms with Crippen molar-refractivity contribution in [3.8, 4) is 0 Å². The van der Waals surface area contributed by atoms with Crippen LogP contribution in [0.1, 0.15) is 23.0 Å². The maximum atomic E-state index is 11.3. The van der Waals surface area contributed by atoms with Gasteiger partial charge in [0.1, 0.15) is 0 Å². The van der Waals surface area contributed by atoms with Gasteiger partial charge in [-0.3, -0.25) is 9.59 Å². The van der Waals surface area contributed by atoms with Crippen molar-refractivity contribution in [1.29, 1.82) is 0 Å². The van der Waals surface area contributed by atoms with Gasteiger partial charge in [-0.15, -0.1) is 11.3 Å². The van der Waals surface area contributed by atoms with E-state index in [1.54, 1.807) is 19.1 Å². The van der Waals surface area contributed by atoms with Crippen molar-refractivity contribution < 1.29 is 9.59 Å². The van der Waals surface area contributed by atoms with Crippen molar-refractivity contribution >= 4 is 23.0 Å². The second-order valence-electron chi connectivity index (χ2n) is 2.55. The highest BCUT2D eigenvalue weighted by Crippen LogP contribution is 2.07. The molecule has 1 heterocycles. The Hall–Kier alpha value is -1.16. The first kappa shape index (κ1) is 9.92. The predicted octanol–water partition coefficient (Wildman–Crippen LogP) is 1.46. The van der Waals surface area contributed by atoms with Gasteiger partial charge in [-0.25, -0.2) is 0 Å². The lowest BCUT2D eigenvalue weighted by Gasteiger charge is -2.00. The highest BCUT2D eigenvalue weighted by molar-refractivity contribution is 7.12. The summed E-state index contributed by atoms with van der Waals surface area (Å²) in [6.07, 6.45) is 0.463. The van der Waals surface area contributed by atoms with Crippen molar-refractivity contribution in [2.75, 3.05) is 6.54 Å². The molecule has 3 nitrogen and oxygen atoms in total. The van der Waals surface area contributed by atoms with Crippen LogP contribution in [0.3, 0.4) is 0 Å². The fourth-order valence-corrected chi connectivity index (χ4v) is 1.44. The van der Waals surface area contributed by atoms with Gasteiger partial charge in [-0.2, -0.15) is 0 Å². The average molecular weight is 197 g/mol. The van der Waals surface area contributed by atoms with Gasteiger partial charge in [-0.1, -0.05) is 13.0 Å². The first-order valence-corrected chi connectivity index (χ1v) is 4.95. The Morgan fingerprint density at radius 2 is 2.31 bits per heavy atom. The Labute approximate surface area is 80.8 Å². The molecule has 0 unspecified atom stereocenters. The van der Waals surface area contributed by atoms with Crippen LogP contribution in [0.15, 0.2) is 17.5 Å². The smallest absolute Gasteiger partial charge is 0.261 e. The molecule has 0 saturated heterocycles. The third-order valence-electron chi connectivity index (χ3n) is 1.59. The Morgan fingerprint density at radius 1 is 1.54 bits per heavy atom. The standard InChI is InChI=1S/C9H11NO2S/c1-2-7(11)6-10-9(12)8-4-3-5-13-8/h3-5H,2,6H2,1H3,(H,10,12). The first-order chi connectivity index (χ1) is 6.24. The van der Waals surface area contributed by atoms with E-state index in [4.69, 9.17) is 0 Å². The Bertz CT molecular complexity index is 293. The van der Waals surface area contributed by atoms with E-state index in [2.05, 4.69) is 5.32 Å². The molecule has 0 atom stereocenters. The largest absolute Gasteiger partial charge is 0.344 e. The summed E-state index contributed by atoms with van der Waals surface area (Å²) < 4.78 is 0. The number of hydrogen-bond donors (Lipinski definition) is 1. The van der Waals surface area contributed by atoms with Crippen LogP contribution in [-0.2, 0) is 4.79 Å². The number of amides is 1. The van der Waals surface area contributed by atoms with Crippen molar-refractivity contribution in [3.63, 3.8) is 0 Å². The van der Waals surface area contributed by atoms with Crippen LogP contribution in [-0.4, -0.2) is 18.2 Å². The third-order valence-corrected chi connectivity index (χ3v) is 2.45. The van der Waals surface area contributed by atoms with Crippen LogP contribution in [0.4, 0.5) is 0 Å². The molecule has 0 bridgehead atoms. The molecule has 1 aromatic heterocycles. The summed E-state index contributed by atoms with van der Waals surface area (Å²) in [4.78, 5) is 22.8. The molecule has 0 saturated carbocycles. The molecule has 1 amide bonds. The quantitative estimate of drug-likeness (QED) is 0.794. The van der Waals surface area contributed by atoms with Gasteiger partial charge in [0.15, 0.2) is 5.78 Å². The Kier molecular flexibility index (Phi) is 3.64. The number of rotatable bonds is 4. The maximum absolute atomic E-state index is 11.3. The van der Waals surface area contributed by atoms with Crippen LogP contribution in [0.25, 0.3) is 0 Å². The van der Waals surface area contributed by atoms with Crippen LogP contribution in [0, 0.1) is 0 Å². The summed E-state index contributed by atoms with van der Waals surface area (Å²) in [6.45, 7) is 1.91. The van der Waals surface area contributed by atoms with Crippen LogP contribution >= 0.6 is 11.3 Å². The first-order valence-electron chi connectivity index (χ1n) is 4.07. The molecule has 4 heteroatoms. The molecule has 0 aliphatic heterocycles. The number of thiophene rings is 1. The normalized spacial score (nSPS) is 9.62. The lowest BCUT2D eigenvalue weighted by atomic mass is 10.3. The number of nitrogens with one attached hydrogen (secondary N) is 1. The highest BCUT2D eigenvalue weighted by Gasteiger charge is 2.06. The van der Waals surface area contributed by atoms with E-state index in [0.717, 1.165) is 0 Å². The van der Waals surface area contributed by atoms with E-state index in [-0.39, 0.29) is 18.2 Å². The second-order valence-corrected chi connectivity index (χ2v) is 3.50. The molecule has 1 rings (SSSR count). The summed E-state index contributed by atoms with van der Waals surface area (Å²) in [5, 5.41) is 4.39. The zero-order valence-electron chi connectivity index (χ0n) is 7.37. The van der Waals surface area contributed by atoms with Gasteiger partial charge in [0.05, 0.1) is 11.4 Å². The maximum Gasteiger partial charge on any atom is 0.261 e. The van der Waals surface area contributed by atoms with E-state index < -0.39 is 0 Å². The van der Waals surface area contributed by atoms with Crippen LogP contribution in [0.2, 0.25) is 0 Å². The second kappa shape index (κ2) is 4.77. The lowest BCUT2D eigenvalue weighted by molar-refractivity contribution is -0.117. The number of carbonyl (C=O) groups excluding carboxylic acids is 2. The lowest BCUT2D eigenvalue weighted by Crippen LogP contribution is -2.28. The van der Waals surface area contributed by atoms with Gasteiger partial charge in [0, 0.05) is 6.42 Å². The molecule has 1 N–H and O–H groups in total. The fraction of sp³-hybridized carbons (Fsp3) is 0.333. The van der Waals surface area contributed by atoms with E-state index in [1.807, 2.05) is 5.38 Å². The molecule has 0 aromatic carbocycles. The molecule has 13 heavy (non-hydrogen) atoms. The van der Waals surface area contributed by atoms with Crippen molar-refractivity contribution in [3.05, 3.63) is 22.4 Å². The molecule has 0 fully saturated rings. The van der Waals surface area contributed by atoms with E-state index in [1.165, 1.54) is 11.3 Å². The molecule has 70 valence electrons. The molecule has 0 aliphatic rings. The molecule has 0 aliphatic carbocycles. The summed E-state index contributed by atoms with van der Waals surface area (Å²) in [5.41, 5.74) is 0. The van der Waals surface area contributed by atoms with Gasteiger partial charge in [0.2, 0.25) is 0 Å². The topological polar surface area (TPSA) is 46.2 Å². The zero-order chi connectivity index (χ0) is 9.68. The van der Waals surface area contributed by atoms with Crippen LogP contribution < -0.4 is 5.32 Å². The number of carbonyl (C=O) groups is 2. The minimum Gasteiger partial charge on any atom is -0.344 e. The van der Waals surface area contributed by atoms with Gasteiger partial charge < -0.3 is 5.32 Å². The van der Waals surface area contributed by atoms with Crippen LogP contribution in [0.5, 0.6) is 0 Å². The number of Topliss-reactive ketones (excluding diaryl/α,β-unsaturated/α-hetero) is 1. The summed E-state index contributed by atoms with van der Waals surface area (Å²) in [6, 6.07) is 3.54. The van der Waals surface area contributed by atoms with Crippen molar-refractivity contribution in [2.45, 2.75) is 13.3 Å². The molecule has 0 radical (unpaired) electrons. The molecular weight excluding hydrogens is 186 g/mol. The fourth-order valence-electron chi connectivity index (χ4n) is 0.799. The summed E-state index contributed by atoms with van der Waals surface area (Å²) in [5.74, 6) is -0.123. The third kappa shape index (κ3) is 2.99. The Morgan fingerprint density at radius 3 is 2.85 bits per heavy atom. The van der Waals surface area contributed by atoms with Crippen molar-refractivity contribution in [1.82, 2.24) is 5.32 Å². The molecule has 0 spiro atoms. The van der Waals surface area contributed by atoms with Gasteiger partial charge in [0.25, 0.3) is 5.91 Å². The Balaban J connectivity index is 2.39. The van der Waals surface area contributed by atoms with E-state index >= 15 is 0 Å². The SMILES string of the molecule is CCC(=O)CNC(=O)c1cccs1. The van der Waals surface area contributed by atoms with E-state index in [9.17, 15) is 9.59 Å². The highest BCUT2D eigenvalue weighted by atomic mass is 32.1. The summed E-state index contributed by atoms with van der Waals surface area (Å²) in [7, 11) is 0. The number of hydrogen-bond acceptors (Lipinski definition) is 3. The summed E-state index contributed by atoms with van der Waals surface area (Å²) >= 11 is 1.37. The predicted molar refractivity (Wildman–Crippen MR) is 52.0 cm³/mol.